The highest BCUT2D eigenvalue weighted by Gasteiger charge is 2.36. The lowest BCUT2D eigenvalue weighted by molar-refractivity contribution is -0.133. The fourth-order valence-corrected chi connectivity index (χ4v) is 7.23. The quantitative estimate of drug-likeness (QED) is 0.186. The Labute approximate surface area is 281 Å². The molecule has 1 aliphatic heterocycles. The van der Waals surface area contributed by atoms with Crippen molar-refractivity contribution in [3.8, 4) is 0 Å². The summed E-state index contributed by atoms with van der Waals surface area (Å²) < 4.78 is 11.9. The maximum absolute atomic E-state index is 13.8. The van der Waals surface area contributed by atoms with E-state index in [1.165, 1.54) is 25.5 Å². The third-order valence-electron chi connectivity index (χ3n) is 9.43. The van der Waals surface area contributed by atoms with E-state index in [1.54, 1.807) is 23.1 Å². The number of ether oxygens (including phenoxy) is 1. The Morgan fingerprint density at radius 3 is 2.63 bits per heavy atom. The minimum absolute atomic E-state index is 0.00682. The largest absolute Gasteiger partial charge is 0.463 e. The number of halogens is 2. The molecule has 46 heavy (non-hydrogen) atoms. The Kier molecular flexibility index (Phi) is 12.0. The number of furan rings is 1. The predicted molar refractivity (Wildman–Crippen MR) is 183 cm³/mol. The van der Waals surface area contributed by atoms with Crippen LogP contribution in [0.1, 0.15) is 87.1 Å². The molecule has 1 aromatic heterocycles. The first-order chi connectivity index (χ1) is 22.2. The number of carbonyl (C=O) groups excluding carboxylic acids is 3. The maximum Gasteiger partial charge on any atom is 0.259 e. The molecule has 0 bridgehead atoms. The first-order valence-corrected chi connectivity index (χ1v) is 17.4. The highest BCUT2D eigenvalue weighted by molar-refractivity contribution is 6.36. The lowest BCUT2D eigenvalue weighted by Gasteiger charge is -2.28. The number of amides is 3. The number of nitrogens with zero attached hydrogens (tertiary/aromatic N) is 2. The van der Waals surface area contributed by atoms with Gasteiger partial charge in [0.05, 0.1) is 41.4 Å². The highest BCUT2D eigenvalue weighted by atomic mass is 35.5. The number of para-hydroxylation sites is 1. The van der Waals surface area contributed by atoms with Crippen molar-refractivity contribution in [3.05, 3.63) is 63.8 Å². The number of benzene rings is 2. The van der Waals surface area contributed by atoms with Gasteiger partial charge in [-0.25, -0.2) is 0 Å². The first-order valence-electron chi connectivity index (χ1n) is 16.6. The lowest BCUT2D eigenvalue weighted by atomic mass is 9.97. The Morgan fingerprint density at radius 2 is 1.85 bits per heavy atom. The van der Waals surface area contributed by atoms with Crippen molar-refractivity contribution in [1.82, 2.24) is 9.80 Å². The molecule has 10 heteroatoms. The molecule has 2 fully saturated rings. The van der Waals surface area contributed by atoms with Crippen LogP contribution in [0.2, 0.25) is 10.0 Å². The molecule has 3 amide bonds. The zero-order valence-electron chi connectivity index (χ0n) is 26.9. The number of rotatable bonds is 13. The molecule has 0 spiro atoms. The summed E-state index contributed by atoms with van der Waals surface area (Å²) in [6, 6.07) is 10.6. The van der Waals surface area contributed by atoms with Crippen LogP contribution in [-0.2, 0) is 20.7 Å². The minimum atomic E-state index is -0.362. The summed E-state index contributed by atoms with van der Waals surface area (Å²) in [6.07, 6.45) is 12.0. The van der Waals surface area contributed by atoms with Crippen molar-refractivity contribution >= 4 is 57.6 Å². The molecular formula is C36H45Cl2N3O5. The molecule has 0 unspecified atom stereocenters. The second-order valence-electron chi connectivity index (χ2n) is 12.8. The van der Waals surface area contributed by atoms with E-state index in [0.717, 1.165) is 45.1 Å². The second-order valence-corrected chi connectivity index (χ2v) is 13.6. The molecule has 1 saturated carbocycles. The third kappa shape index (κ3) is 8.64. The van der Waals surface area contributed by atoms with E-state index in [2.05, 4.69) is 5.32 Å². The maximum atomic E-state index is 13.8. The molecule has 8 nitrogen and oxygen atoms in total. The number of nitrogens with one attached hydrogen (secondary N) is 1. The topological polar surface area (TPSA) is 92.1 Å². The van der Waals surface area contributed by atoms with Crippen molar-refractivity contribution in [3.63, 3.8) is 0 Å². The zero-order valence-corrected chi connectivity index (χ0v) is 28.4. The number of fused-ring (bicyclic) bond motifs is 1. The van der Waals surface area contributed by atoms with Crippen LogP contribution in [0.4, 0.5) is 5.69 Å². The van der Waals surface area contributed by atoms with E-state index >= 15 is 0 Å². The van der Waals surface area contributed by atoms with Gasteiger partial charge in [-0.3, -0.25) is 14.4 Å². The van der Waals surface area contributed by atoms with Gasteiger partial charge in [0.25, 0.3) is 5.91 Å². The van der Waals surface area contributed by atoms with Crippen LogP contribution < -0.4 is 5.32 Å². The van der Waals surface area contributed by atoms with Gasteiger partial charge < -0.3 is 24.3 Å². The van der Waals surface area contributed by atoms with Crippen LogP contribution in [0.25, 0.3) is 11.0 Å². The van der Waals surface area contributed by atoms with Gasteiger partial charge in [-0.15, -0.1) is 0 Å². The van der Waals surface area contributed by atoms with Gasteiger partial charge in [0.1, 0.15) is 11.8 Å². The molecule has 2 heterocycles. The SMILES string of the molecule is CCC(=O)N(C)CCCC[C@H]1C[C@@H](COC2CCCCC2)N(C(=O)Cc2cc(Cl)c(NC(=O)c3coc4ccccc34)cc2Cl)C1. The average molecular weight is 671 g/mol. The van der Waals surface area contributed by atoms with Crippen LogP contribution in [-0.4, -0.2) is 66.4 Å². The van der Waals surface area contributed by atoms with E-state index in [9.17, 15) is 14.4 Å². The molecule has 248 valence electrons. The molecule has 1 saturated heterocycles. The first kappa shape index (κ1) is 34.3. The van der Waals surface area contributed by atoms with Crippen molar-refractivity contribution in [1.29, 1.82) is 0 Å². The second kappa shape index (κ2) is 16.2. The minimum Gasteiger partial charge on any atom is -0.463 e. The molecule has 2 aliphatic rings. The lowest BCUT2D eigenvalue weighted by Crippen LogP contribution is -2.40. The van der Waals surface area contributed by atoms with Crippen molar-refractivity contribution in [2.24, 2.45) is 5.92 Å². The summed E-state index contributed by atoms with van der Waals surface area (Å²) in [6.45, 7) is 3.86. The van der Waals surface area contributed by atoms with E-state index < -0.39 is 0 Å². The van der Waals surface area contributed by atoms with Gasteiger partial charge in [0.15, 0.2) is 0 Å². The molecule has 3 aromatic rings. The summed E-state index contributed by atoms with van der Waals surface area (Å²) in [5.41, 5.74) is 1.99. The van der Waals surface area contributed by atoms with Crippen molar-refractivity contribution in [2.75, 3.05) is 32.1 Å². The number of likely N-dealkylation sites (tertiary alicyclic amines) is 1. The Hall–Kier alpha value is -3.07. The number of hydrogen-bond donors (Lipinski definition) is 1. The summed E-state index contributed by atoms with van der Waals surface area (Å²) >= 11 is 13.3. The molecular weight excluding hydrogens is 625 g/mol. The van der Waals surface area contributed by atoms with Gasteiger partial charge in [-0.05, 0) is 61.8 Å². The van der Waals surface area contributed by atoms with Gasteiger partial charge in [-0.1, -0.05) is 74.0 Å². The summed E-state index contributed by atoms with van der Waals surface area (Å²) in [7, 11) is 1.86. The standard InChI is InChI=1S/C36H45Cl2N3O5/c1-3-34(42)40(2)16-10-9-11-24-17-26(22-45-27-12-5-4-6-13-27)41(21-24)35(43)19-25-18-31(38)32(20-30(25)37)39-36(44)29-23-46-33-15-8-7-14-28(29)33/h7-8,14-15,18,20,23-24,26-27H,3-6,9-13,16-17,19,21-22H2,1-2H3,(H,39,44)/t24-,26-/m0/s1. The number of carbonyl (C=O) groups is 3. The number of anilines is 1. The monoisotopic (exact) mass is 669 g/mol. The molecule has 0 radical (unpaired) electrons. The van der Waals surface area contributed by atoms with Gasteiger partial charge >= 0.3 is 0 Å². The van der Waals surface area contributed by atoms with E-state index in [-0.39, 0.29) is 36.3 Å². The molecule has 2 aromatic carbocycles. The van der Waals surface area contributed by atoms with E-state index in [1.807, 2.05) is 37.1 Å². The summed E-state index contributed by atoms with van der Waals surface area (Å²) in [4.78, 5) is 42.5. The number of unbranched alkanes of at least 4 members (excludes halogenated alkanes) is 1. The van der Waals surface area contributed by atoms with Crippen molar-refractivity contribution in [2.45, 2.75) is 89.7 Å². The summed E-state index contributed by atoms with van der Waals surface area (Å²) in [5.74, 6) is 0.178. The summed E-state index contributed by atoms with van der Waals surface area (Å²) in [5, 5.41) is 4.20. The smallest absolute Gasteiger partial charge is 0.259 e. The number of hydrogen-bond acceptors (Lipinski definition) is 5. The van der Waals surface area contributed by atoms with Crippen LogP contribution in [0.15, 0.2) is 47.1 Å². The van der Waals surface area contributed by atoms with Crippen LogP contribution in [0.3, 0.4) is 0 Å². The van der Waals surface area contributed by atoms with Gasteiger partial charge in [0.2, 0.25) is 11.8 Å². The fourth-order valence-electron chi connectivity index (χ4n) is 6.77. The van der Waals surface area contributed by atoms with E-state index in [4.69, 9.17) is 32.4 Å². The molecule has 5 rings (SSSR count). The molecule has 1 aliphatic carbocycles. The van der Waals surface area contributed by atoms with Crippen LogP contribution in [0.5, 0.6) is 0 Å². The van der Waals surface area contributed by atoms with E-state index in [0.29, 0.717) is 63.3 Å². The molecule has 1 N–H and O–H groups in total. The Morgan fingerprint density at radius 1 is 1.07 bits per heavy atom. The zero-order chi connectivity index (χ0) is 32.6. The van der Waals surface area contributed by atoms with Crippen LogP contribution in [0, 0.1) is 5.92 Å². The normalized spacial score (nSPS) is 18.7. The Balaban J connectivity index is 1.22. The fraction of sp³-hybridized carbons (Fsp3) is 0.528. The average Bonchev–Trinajstić information content (AvgIpc) is 3.69. The van der Waals surface area contributed by atoms with Gasteiger partial charge in [0, 0.05) is 37.0 Å². The highest BCUT2D eigenvalue weighted by Crippen LogP contribution is 2.34. The van der Waals surface area contributed by atoms with Gasteiger partial charge in [-0.2, -0.15) is 0 Å². The molecule has 2 atom stereocenters. The van der Waals surface area contributed by atoms with Crippen molar-refractivity contribution < 1.29 is 23.5 Å². The third-order valence-corrected chi connectivity index (χ3v) is 10.1. The van der Waals surface area contributed by atoms with Crippen LogP contribution >= 0.6 is 23.2 Å². The Bertz CT molecular complexity index is 1520. The predicted octanol–water partition coefficient (Wildman–Crippen LogP) is 8.14.